The van der Waals surface area contributed by atoms with Gasteiger partial charge in [-0.1, -0.05) is 54.6 Å². The Kier molecular flexibility index (Phi) is 7.04. The van der Waals surface area contributed by atoms with E-state index in [1.165, 1.54) is 5.56 Å². The van der Waals surface area contributed by atoms with Crippen LogP contribution in [0.3, 0.4) is 0 Å². The van der Waals surface area contributed by atoms with Gasteiger partial charge in [-0.3, -0.25) is 9.69 Å². The summed E-state index contributed by atoms with van der Waals surface area (Å²) in [5, 5.41) is 8.72. The number of amides is 1. The average Bonchev–Trinajstić information content (AvgIpc) is 3.71. The van der Waals surface area contributed by atoms with Gasteiger partial charge in [0.05, 0.1) is 27.1 Å². The SMILES string of the molecule is Cc1cc2ncc3cc(-c4ccccc4)c(-c4ccc(CN5CCC(C(=O)Nc6ccc7scnc7c6)CC5)cc4)nc3n2n1. The Labute approximate surface area is 264 Å². The molecule has 1 saturated heterocycles. The number of likely N-dealkylation sites (tertiary alicyclic amines) is 1. The van der Waals surface area contributed by atoms with E-state index in [0.717, 1.165) is 93.1 Å². The van der Waals surface area contributed by atoms with Crippen LogP contribution in [-0.2, 0) is 11.3 Å². The number of carbonyl (C=O) groups is 1. The zero-order valence-electron chi connectivity index (χ0n) is 24.9. The van der Waals surface area contributed by atoms with Crippen LogP contribution in [0.25, 0.3) is 49.3 Å². The lowest BCUT2D eigenvalue weighted by Gasteiger charge is -2.31. The van der Waals surface area contributed by atoms with E-state index in [-0.39, 0.29) is 11.8 Å². The van der Waals surface area contributed by atoms with Crippen molar-refractivity contribution in [1.29, 1.82) is 0 Å². The summed E-state index contributed by atoms with van der Waals surface area (Å²) in [5.41, 5.74) is 11.5. The Morgan fingerprint density at radius 3 is 2.58 bits per heavy atom. The number of anilines is 1. The van der Waals surface area contributed by atoms with Crippen LogP contribution in [0.4, 0.5) is 5.69 Å². The van der Waals surface area contributed by atoms with Crippen LogP contribution >= 0.6 is 11.3 Å². The van der Waals surface area contributed by atoms with Crippen LogP contribution in [0.5, 0.6) is 0 Å². The molecule has 0 bridgehead atoms. The Balaban J connectivity index is 0.987. The number of fused-ring (bicyclic) bond motifs is 4. The number of benzene rings is 3. The second-order valence-electron chi connectivity index (χ2n) is 11.7. The quantitative estimate of drug-likeness (QED) is 0.212. The van der Waals surface area contributed by atoms with Crippen LogP contribution in [-0.4, -0.2) is 48.5 Å². The van der Waals surface area contributed by atoms with Crippen LogP contribution in [0, 0.1) is 12.8 Å². The van der Waals surface area contributed by atoms with Gasteiger partial charge in [-0.05, 0) is 68.2 Å². The standard InChI is InChI=1S/C36H31N7OS/c1-23-17-33-37-20-28-18-30(25-5-3-2-4-6-25)34(40-35(28)43(33)41-23)26-9-7-24(8-10-26)21-42-15-13-27(14-16-42)36(44)39-29-11-12-32-31(19-29)38-22-45-32/h2-12,17-20,22,27H,13-16,21H2,1H3,(H,39,44). The van der Waals surface area contributed by atoms with Gasteiger partial charge in [0.1, 0.15) is 0 Å². The minimum atomic E-state index is 0.0189. The molecule has 1 fully saturated rings. The fraction of sp³-hybridized carbons (Fsp3) is 0.194. The number of thiazole rings is 1. The monoisotopic (exact) mass is 609 g/mol. The molecular formula is C36H31N7OS. The van der Waals surface area contributed by atoms with Crippen molar-refractivity contribution in [3.63, 3.8) is 0 Å². The summed E-state index contributed by atoms with van der Waals surface area (Å²) in [6.45, 7) is 4.61. The molecule has 0 saturated carbocycles. The molecule has 7 aromatic rings. The van der Waals surface area contributed by atoms with Crippen LogP contribution < -0.4 is 5.32 Å². The number of aryl methyl sites for hydroxylation is 1. The maximum Gasteiger partial charge on any atom is 0.227 e. The van der Waals surface area contributed by atoms with Crippen molar-refractivity contribution >= 4 is 49.8 Å². The molecule has 9 heteroatoms. The van der Waals surface area contributed by atoms with Crippen LogP contribution in [0.15, 0.2) is 96.6 Å². The van der Waals surface area contributed by atoms with Gasteiger partial charge in [-0.2, -0.15) is 9.61 Å². The number of carbonyl (C=O) groups excluding carboxylic acids is 1. The molecule has 1 N–H and O–H groups in total. The second-order valence-corrected chi connectivity index (χ2v) is 12.6. The fourth-order valence-corrected chi connectivity index (χ4v) is 6.93. The highest BCUT2D eigenvalue weighted by molar-refractivity contribution is 7.16. The van der Waals surface area contributed by atoms with Gasteiger partial charge >= 0.3 is 0 Å². The van der Waals surface area contributed by atoms with Gasteiger partial charge in [-0.15, -0.1) is 11.3 Å². The first-order chi connectivity index (χ1) is 22.1. The minimum absolute atomic E-state index is 0.0189. The summed E-state index contributed by atoms with van der Waals surface area (Å²) in [5.74, 6) is 0.120. The third-order valence-electron chi connectivity index (χ3n) is 8.65. The Hall–Kier alpha value is -4.99. The fourth-order valence-electron chi connectivity index (χ4n) is 6.27. The molecule has 0 spiro atoms. The number of rotatable bonds is 6. The summed E-state index contributed by atoms with van der Waals surface area (Å²) in [4.78, 5) is 29.6. The highest BCUT2D eigenvalue weighted by atomic mass is 32.1. The van der Waals surface area contributed by atoms with E-state index in [1.807, 2.05) is 53.5 Å². The van der Waals surface area contributed by atoms with Crippen molar-refractivity contribution in [2.75, 3.05) is 18.4 Å². The van der Waals surface area contributed by atoms with Gasteiger partial charge in [0, 0.05) is 46.9 Å². The molecule has 222 valence electrons. The van der Waals surface area contributed by atoms with E-state index in [9.17, 15) is 4.79 Å². The first-order valence-electron chi connectivity index (χ1n) is 15.2. The summed E-state index contributed by atoms with van der Waals surface area (Å²) in [6, 6.07) is 29.2. The third-order valence-corrected chi connectivity index (χ3v) is 9.46. The van der Waals surface area contributed by atoms with E-state index in [2.05, 4.69) is 79.9 Å². The lowest BCUT2D eigenvalue weighted by Crippen LogP contribution is -2.37. The van der Waals surface area contributed by atoms with Gasteiger partial charge < -0.3 is 5.32 Å². The Bertz CT molecular complexity index is 2160. The normalized spacial score (nSPS) is 14.4. The van der Waals surface area contributed by atoms with Gasteiger partial charge in [0.2, 0.25) is 5.91 Å². The topological polar surface area (TPSA) is 88.3 Å². The number of aromatic nitrogens is 5. The number of hydrogen-bond acceptors (Lipinski definition) is 7. The van der Waals surface area contributed by atoms with Crippen molar-refractivity contribution in [3.05, 3.63) is 108 Å². The molecule has 0 radical (unpaired) electrons. The molecule has 45 heavy (non-hydrogen) atoms. The molecule has 0 unspecified atom stereocenters. The van der Waals surface area contributed by atoms with E-state index in [0.29, 0.717) is 0 Å². The van der Waals surface area contributed by atoms with E-state index in [1.54, 1.807) is 11.3 Å². The van der Waals surface area contributed by atoms with E-state index in [4.69, 9.17) is 4.98 Å². The molecule has 8 nitrogen and oxygen atoms in total. The second kappa shape index (κ2) is 11.5. The molecule has 5 heterocycles. The number of piperidine rings is 1. The summed E-state index contributed by atoms with van der Waals surface area (Å²) < 4.78 is 2.96. The first-order valence-corrected chi connectivity index (χ1v) is 16.1. The van der Waals surface area contributed by atoms with E-state index >= 15 is 0 Å². The third kappa shape index (κ3) is 5.45. The van der Waals surface area contributed by atoms with Crippen molar-refractivity contribution in [2.45, 2.75) is 26.3 Å². The predicted molar refractivity (Wildman–Crippen MR) is 180 cm³/mol. The van der Waals surface area contributed by atoms with Crippen molar-refractivity contribution in [2.24, 2.45) is 5.92 Å². The maximum atomic E-state index is 13.0. The first kappa shape index (κ1) is 27.6. The van der Waals surface area contributed by atoms with Crippen molar-refractivity contribution < 1.29 is 4.79 Å². The van der Waals surface area contributed by atoms with Crippen molar-refractivity contribution in [1.82, 2.24) is 29.5 Å². The molecule has 0 atom stereocenters. The highest BCUT2D eigenvalue weighted by Gasteiger charge is 2.25. The molecule has 1 aliphatic heterocycles. The van der Waals surface area contributed by atoms with Crippen molar-refractivity contribution in [3.8, 4) is 22.4 Å². The number of hydrogen-bond donors (Lipinski definition) is 1. The van der Waals surface area contributed by atoms with Crippen LogP contribution in [0.1, 0.15) is 24.1 Å². The molecule has 3 aromatic carbocycles. The molecule has 0 aliphatic carbocycles. The number of pyridine rings is 1. The van der Waals surface area contributed by atoms with Gasteiger partial charge in [-0.25, -0.2) is 15.0 Å². The smallest absolute Gasteiger partial charge is 0.227 e. The number of nitrogens with one attached hydrogen (secondary N) is 1. The summed E-state index contributed by atoms with van der Waals surface area (Å²) >= 11 is 1.61. The Morgan fingerprint density at radius 2 is 1.76 bits per heavy atom. The predicted octanol–water partition coefficient (Wildman–Crippen LogP) is 7.38. The minimum Gasteiger partial charge on any atom is -0.326 e. The molecule has 8 rings (SSSR count). The largest absolute Gasteiger partial charge is 0.326 e. The van der Waals surface area contributed by atoms with E-state index < -0.39 is 0 Å². The summed E-state index contributed by atoms with van der Waals surface area (Å²) in [7, 11) is 0. The van der Waals surface area contributed by atoms with Crippen LogP contribution in [0.2, 0.25) is 0 Å². The lowest BCUT2D eigenvalue weighted by molar-refractivity contribution is -0.121. The Morgan fingerprint density at radius 1 is 0.933 bits per heavy atom. The zero-order valence-corrected chi connectivity index (χ0v) is 25.7. The molecule has 1 aliphatic rings. The lowest BCUT2D eigenvalue weighted by atomic mass is 9.95. The molecular weight excluding hydrogens is 579 g/mol. The number of nitrogens with zero attached hydrogens (tertiary/aromatic N) is 6. The highest BCUT2D eigenvalue weighted by Crippen LogP contribution is 2.34. The maximum absolute atomic E-state index is 13.0. The molecule has 1 amide bonds. The zero-order chi connectivity index (χ0) is 30.3. The average molecular weight is 610 g/mol. The van der Waals surface area contributed by atoms with Gasteiger partial charge in [0.15, 0.2) is 11.3 Å². The molecule has 4 aromatic heterocycles. The van der Waals surface area contributed by atoms with Gasteiger partial charge in [0.25, 0.3) is 0 Å². The summed E-state index contributed by atoms with van der Waals surface area (Å²) in [6.07, 6.45) is 3.58.